The van der Waals surface area contributed by atoms with E-state index in [0.717, 1.165) is 5.56 Å². The van der Waals surface area contributed by atoms with E-state index in [2.05, 4.69) is 0 Å². The van der Waals surface area contributed by atoms with Gasteiger partial charge in [0, 0.05) is 19.1 Å². The molecule has 0 aromatic heterocycles. The van der Waals surface area contributed by atoms with Crippen molar-refractivity contribution >= 4 is 0 Å². The van der Waals surface area contributed by atoms with E-state index in [-0.39, 0.29) is 6.61 Å². The number of aliphatic hydroxyl groups excluding tert-OH is 2. The summed E-state index contributed by atoms with van der Waals surface area (Å²) >= 11 is 0. The lowest BCUT2D eigenvalue weighted by Crippen LogP contribution is -2.40. The van der Waals surface area contributed by atoms with Gasteiger partial charge in [0.2, 0.25) is 0 Å². The fourth-order valence-electron chi connectivity index (χ4n) is 1.90. The molecule has 4 heteroatoms. The summed E-state index contributed by atoms with van der Waals surface area (Å²) < 4.78 is 5.50. The van der Waals surface area contributed by atoms with E-state index in [1.807, 2.05) is 49.1 Å². The molecule has 0 aliphatic carbocycles. The lowest BCUT2D eigenvalue weighted by atomic mass is 10.2. The monoisotopic (exact) mass is 267 g/mol. The third kappa shape index (κ3) is 6.68. The van der Waals surface area contributed by atoms with Gasteiger partial charge in [-0.05, 0) is 19.4 Å². The summed E-state index contributed by atoms with van der Waals surface area (Å²) in [6, 6.07) is 10.2. The SMILES string of the molecule is CC(C)N(CCO)C[C@H](O)COCc1ccccc1. The van der Waals surface area contributed by atoms with Crippen LogP contribution in [0.4, 0.5) is 0 Å². The number of ether oxygens (including phenoxy) is 1. The lowest BCUT2D eigenvalue weighted by molar-refractivity contribution is 0.00208. The molecule has 1 rings (SSSR count). The van der Waals surface area contributed by atoms with Crippen LogP contribution in [0.25, 0.3) is 0 Å². The van der Waals surface area contributed by atoms with Gasteiger partial charge in [0.1, 0.15) is 0 Å². The van der Waals surface area contributed by atoms with Crippen LogP contribution in [0.15, 0.2) is 30.3 Å². The van der Waals surface area contributed by atoms with E-state index < -0.39 is 6.10 Å². The third-order valence-corrected chi connectivity index (χ3v) is 2.98. The molecule has 0 aliphatic rings. The van der Waals surface area contributed by atoms with Crippen molar-refractivity contribution in [1.82, 2.24) is 4.90 Å². The molecule has 0 bridgehead atoms. The Hall–Kier alpha value is -0.940. The van der Waals surface area contributed by atoms with Crippen LogP contribution in [0, 0.1) is 0 Å². The molecule has 0 aliphatic heterocycles. The molecule has 0 unspecified atom stereocenters. The van der Waals surface area contributed by atoms with Gasteiger partial charge in [-0.25, -0.2) is 0 Å². The number of benzene rings is 1. The second-order valence-electron chi connectivity index (χ2n) is 4.97. The highest BCUT2D eigenvalue weighted by Crippen LogP contribution is 2.03. The summed E-state index contributed by atoms with van der Waals surface area (Å²) in [7, 11) is 0. The van der Waals surface area contributed by atoms with E-state index >= 15 is 0 Å². The highest BCUT2D eigenvalue weighted by Gasteiger charge is 2.14. The fraction of sp³-hybridized carbons (Fsp3) is 0.600. The molecule has 1 aromatic carbocycles. The summed E-state index contributed by atoms with van der Waals surface area (Å²) in [6.45, 7) is 6.12. The first-order valence-corrected chi connectivity index (χ1v) is 6.78. The fourth-order valence-corrected chi connectivity index (χ4v) is 1.90. The molecule has 0 amide bonds. The van der Waals surface area contributed by atoms with Crippen molar-refractivity contribution in [2.75, 3.05) is 26.3 Å². The predicted octanol–water partition coefficient (Wildman–Crippen LogP) is 1.27. The maximum Gasteiger partial charge on any atom is 0.0900 e. The minimum absolute atomic E-state index is 0.107. The van der Waals surface area contributed by atoms with Gasteiger partial charge in [-0.15, -0.1) is 0 Å². The first-order chi connectivity index (χ1) is 9.13. The Morgan fingerprint density at radius 2 is 1.89 bits per heavy atom. The maximum atomic E-state index is 9.92. The number of aliphatic hydroxyl groups is 2. The molecule has 108 valence electrons. The van der Waals surface area contributed by atoms with Gasteiger partial charge in [-0.3, -0.25) is 4.90 Å². The van der Waals surface area contributed by atoms with Crippen molar-refractivity contribution in [1.29, 1.82) is 0 Å². The summed E-state index contributed by atoms with van der Waals surface area (Å²) in [4.78, 5) is 2.04. The lowest BCUT2D eigenvalue weighted by Gasteiger charge is -2.27. The molecule has 2 N–H and O–H groups in total. The number of hydrogen-bond acceptors (Lipinski definition) is 4. The van der Waals surface area contributed by atoms with Gasteiger partial charge in [0.25, 0.3) is 0 Å². The molecule has 1 atom stereocenters. The molecule has 0 saturated heterocycles. The average Bonchev–Trinajstić information content (AvgIpc) is 2.39. The maximum absolute atomic E-state index is 9.92. The van der Waals surface area contributed by atoms with Gasteiger partial charge in [-0.1, -0.05) is 30.3 Å². The zero-order chi connectivity index (χ0) is 14.1. The molecule has 19 heavy (non-hydrogen) atoms. The van der Waals surface area contributed by atoms with Gasteiger partial charge >= 0.3 is 0 Å². The van der Waals surface area contributed by atoms with Gasteiger partial charge < -0.3 is 14.9 Å². The van der Waals surface area contributed by atoms with Crippen molar-refractivity contribution < 1.29 is 14.9 Å². The average molecular weight is 267 g/mol. The van der Waals surface area contributed by atoms with Crippen LogP contribution < -0.4 is 0 Å². The minimum Gasteiger partial charge on any atom is -0.395 e. The van der Waals surface area contributed by atoms with Crippen molar-refractivity contribution in [3.8, 4) is 0 Å². The van der Waals surface area contributed by atoms with Crippen molar-refractivity contribution in [3.63, 3.8) is 0 Å². The van der Waals surface area contributed by atoms with Crippen LogP contribution in [0.5, 0.6) is 0 Å². The van der Waals surface area contributed by atoms with E-state index in [1.54, 1.807) is 0 Å². The highest BCUT2D eigenvalue weighted by atomic mass is 16.5. The Kier molecular flexibility index (Phi) is 7.67. The molecule has 0 fully saturated rings. The Labute approximate surface area is 115 Å². The Morgan fingerprint density at radius 3 is 2.47 bits per heavy atom. The summed E-state index contributed by atoms with van der Waals surface area (Å²) in [5, 5.41) is 18.9. The standard InChI is InChI=1S/C15H25NO3/c1-13(2)16(8-9-17)10-15(18)12-19-11-14-6-4-3-5-7-14/h3-7,13,15,17-18H,8-12H2,1-2H3/t15-/m0/s1. The Bertz CT molecular complexity index is 329. The third-order valence-electron chi connectivity index (χ3n) is 2.98. The van der Waals surface area contributed by atoms with Crippen molar-refractivity contribution in [2.24, 2.45) is 0 Å². The second-order valence-corrected chi connectivity index (χ2v) is 4.97. The zero-order valence-corrected chi connectivity index (χ0v) is 11.8. The van der Waals surface area contributed by atoms with Gasteiger partial charge in [-0.2, -0.15) is 0 Å². The first-order valence-electron chi connectivity index (χ1n) is 6.78. The Morgan fingerprint density at radius 1 is 1.21 bits per heavy atom. The van der Waals surface area contributed by atoms with Crippen LogP contribution in [-0.2, 0) is 11.3 Å². The quantitative estimate of drug-likeness (QED) is 0.707. The van der Waals surface area contributed by atoms with E-state index in [1.165, 1.54) is 0 Å². The molecule has 0 spiro atoms. The van der Waals surface area contributed by atoms with E-state index in [4.69, 9.17) is 9.84 Å². The minimum atomic E-state index is -0.530. The van der Waals surface area contributed by atoms with Crippen LogP contribution >= 0.6 is 0 Å². The number of nitrogens with zero attached hydrogens (tertiary/aromatic N) is 1. The largest absolute Gasteiger partial charge is 0.395 e. The zero-order valence-electron chi connectivity index (χ0n) is 11.8. The molecule has 4 nitrogen and oxygen atoms in total. The van der Waals surface area contributed by atoms with E-state index in [0.29, 0.717) is 32.3 Å². The molecular formula is C15H25NO3. The molecule has 0 radical (unpaired) electrons. The Balaban J connectivity index is 2.25. The molecule has 1 aromatic rings. The van der Waals surface area contributed by atoms with Crippen LogP contribution in [-0.4, -0.2) is 53.6 Å². The normalized spacial score (nSPS) is 13.2. The van der Waals surface area contributed by atoms with E-state index in [9.17, 15) is 5.11 Å². The summed E-state index contributed by atoms with van der Waals surface area (Å²) in [6.07, 6.45) is -0.530. The summed E-state index contributed by atoms with van der Waals surface area (Å²) in [5.74, 6) is 0. The van der Waals surface area contributed by atoms with Crippen molar-refractivity contribution in [3.05, 3.63) is 35.9 Å². The molecule has 0 heterocycles. The second kappa shape index (κ2) is 9.04. The topological polar surface area (TPSA) is 52.9 Å². The van der Waals surface area contributed by atoms with Crippen LogP contribution in [0.1, 0.15) is 19.4 Å². The molecule has 0 saturated carbocycles. The van der Waals surface area contributed by atoms with Crippen LogP contribution in [0.3, 0.4) is 0 Å². The number of rotatable bonds is 9. The van der Waals surface area contributed by atoms with Gasteiger partial charge in [0.15, 0.2) is 0 Å². The van der Waals surface area contributed by atoms with Crippen molar-refractivity contribution in [2.45, 2.75) is 32.6 Å². The summed E-state index contributed by atoms with van der Waals surface area (Å²) in [5.41, 5.74) is 1.10. The number of hydrogen-bond donors (Lipinski definition) is 2. The highest BCUT2D eigenvalue weighted by molar-refractivity contribution is 5.13. The van der Waals surface area contributed by atoms with Crippen LogP contribution in [0.2, 0.25) is 0 Å². The predicted molar refractivity (Wildman–Crippen MR) is 75.9 cm³/mol. The van der Waals surface area contributed by atoms with Gasteiger partial charge in [0.05, 0.1) is 25.9 Å². The smallest absolute Gasteiger partial charge is 0.0900 e. The first kappa shape index (κ1) is 16.1. The molecular weight excluding hydrogens is 242 g/mol.